The van der Waals surface area contributed by atoms with Crippen LogP contribution in [0.25, 0.3) is 0 Å². The second kappa shape index (κ2) is 9.52. The molecule has 0 amide bonds. The summed E-state index contributed by atoms with van der Waals surface area (Å²) in [6.07, 6.45) is 0.0225. The highest BCUT2D eigenvalue weighted by molar-refractivity contribution is 7.89. The molecule has 0 saturated carbocycles. The molecule has 19 heavy (non-hydrogen) atoms. The lowest BCUT2D eigenvalue weighted by Crippen LogP contribution is -2.38. The van der Waals surface area contributed by atoms with Crippen LogP contribution in [0.2, 0.25) is 0 Å². The molecular formula is C11H22ClNO5S. The molecule has 0 bridgehead atoms. The van der Waals surface area contributed by atoms with Gasteiger partial charge in [-0.2, -0.15) is 4.31 Å². The van der Waals surface area contributed by atoms with Gasteiger partial charge in [-0.3, -0.25) is 4.79 Å². The number of hydrogen-bond donors (Lipinski definition) is 0. The molecule has 0 heterocycles. The average molecular weight is 316 g/mol. The summed E-state index contributed by atoms with van der Waals surface area (Å²) in [5.74, 6) is -0.353. The molecule has 0 aromatic carbocycles. The van der Waals surface area contributed by atoms with Gasteiger partial charge in [-0.15, -0.1) is 11.6 Å². The Morgan fingerprint density at radius 3 is 2.42 bits per heavy atom. The first-order chi connectivity index (χ1) is 8.87. The second-order valence-electron chi connectivity index (χ2n) is 4.26. The summed E-state index contributed by atoms with van der Waals surface area (Å²) in [6.45, 7) is 2.34. The zero-order chi connectivity index (χ0) is 14.9. The summed E-state index contributed by atoms with van der Waals surface area (Å²) in [7, 11) is -0.686. The van der Waals surface area contributed by atoms with Crippen LogP contribution in [-0.2, 0) is 24.3 Å². The van der Waals surface area contributed by atoms with Crippen LogP contribution in [0.1, 0.15) is 13.3 Å². The molecule has 8 heteroatoms. The van der Waals surface area contributed by atoms with E-state index >= 15 is 0 Å². The predicted molar refractivity (Wildman–Crippen MR) is 73.8 cm³/mol. The fourth-order valence-corrected chi connectivity index (χ4v) is 3.42. The van der Waals surface area contributed by atoms with Gasteiger partial charge in [-0.05, 0) is 5.92 Å². The molecular weight excluding hydrogens is 294 g/mol. The third-order valence-corrected chi connectivity index (χ3v) is 5.16. The summed E-state index contributed by atoms with van der Waals surface area (Å²) in [6, 6.07) is 0. The lowest BCUT2D eigenvalue weighted by Gasteiger charge is -2.22. The van der Waals surface area contributed by atoms with Crippen LogP contribution in [-0.4, -0.2) is 64.2 Å². The van der Waals surface area contributed by atoms with Gasteiger partial charge < -0.3 is 9.47 Å². The van der Waals surface area contributed by atoms with Gasteiger partial charge in [0.2, 0.25) is 10.0 Å². The molecule has 0 aliphatic rings. The van der Waals surface area contributed by atoms with Gasteiger partial charge in [-0.25, -0.2) is 8.42 Å². The van der Waals surface area contributed by atoms with Crippen LogP contribution in [0.5, 0.6) is 0 Å². The molecule has 0 radical (unpaired) electrons. The van der Waals surface area contributed by atoms with Crippen molar-refractivity contribution in [3.63, 3.8) is 0 Å². The Kier molecular flexibility index (Phi) is 9.34. The van der Waals surface area contributed by atoms with E-state index in [4.69, 9.17) is 16.3 Å². The molecule has 0 saturated heterocycles. The highest BCUT2D eigenvalue weighted by Crippen LogP contribution is 2.10. The number of carbonyl (C=O) groups is 1. The first kappa shape index (κ1) is 18.6. The van der Waals surface area contributed by atoms with Crippen molar-refractivity contribution in [3.8, 4) is 0 Å². The van der Waals surface area contributed by atoms with Crippen molar-refractivity contribution in [3.05, 3.63) is 0 Å². The van der Waals surface area contributed by atoms with Crippen LogP contribution < -0.4 is 0 Å². The van der Waals surface area contributed by atoms with E-state index in [-0.39, 0.29) is 43.7 Å². The van der Waals surface area contributed by atoms with E-state index in [0.717, 1.165) is 0 Å². The maximum atomic E-state index is 12.2. The summed E-state index contributed by atoms with van der Waals surface area (Å²) >= 11 is 5.64. The Balaban J connectivity index is 4.66. The topological polar surface area (TPSA) is 72.9 Å². The highest BCUT2D eigenvalue weighted by Gasteiger charge is 2.24. The van der Waals surface area contributed by atoms with E-state index in [1.54, 1.807) is 6.92 Å². The molecule has 0 aromatic heterocycles. The van der Waals surface area contributed by atoms with Gasteiger partial charge in [0.25, 0.3) is 0 Å². The maximum absolute atomic E-state index is 12.2. The Morgan fingerprint density at radius 1 is 1.32 bits per heavy atom. The van der Waals surface area contributed by atoms with Gasteiger partial charge in [0.15, 0.2) is 0 Å². The van der Waals surface area contributed by atoms with Crippen molar-refractivity contribution in [1.82, 2.24) is 4.31 Å². The van der Waals surface area contributed by atoms with Crippen LogP contribution in [0, 0.1) is 5.92 Å². The number of methoxy groups -OCH3 is 2. The van der Waals surface area contributed by atoms with Crippen molar-refractivity contribution in [2.24, 2.45) is 5.92 Å². The summed E-state index contributed by atoms with van der Waals surface area (Å²) < 4.78 is 35.0. The number of alkyl halides is 1. The summed E-state index contributed by atoms with van der Waals surface area (Å²) in [4.78, 5) is 11.1. The summed E-state index contributed by atoms with van der Waals surface area (Å²) in [5, 5.41) is 0. The van der Waals surface area contributed by atoms with E-state index in [2.05, 4.69) is 4.74 Å². The first-order valence-corrected chi connectivity index (χ1v) is 8.11. The molecule has 0 fully saturated rings. The molecule has 1 atom stereocenters. The van der Waals surface area contributed by atoms with Gasteiger partial charge in [-0.1, -0.05) is 6.92 Å². The number of hydrogen-bond acceptors (Lipinski definition) is 5. The van der Waals surface area contributed by atoms with Crippen LogP contribution in [0.4, 0.5) is 0 Å². The molecule has 0 N–H and O–H groups in total. The Hall–Kier alpha value is -0.370. The van der Waals surface area contributed by atoms with E-state index in [1.807, 2.05) is 0 Å². The normalized spacial score (nSPS) is 13.5. The molecule has 6 nitrogen and oxygen atoms in total. The van der Waals surface area contributed by atoms with Crippen LogP contribution >= 0.6 is 11.6 Å². The van der Waals surface area contributed by atoms with E-state index in [0.29, 0.717) is 0 Å². The molecule has 0 aliphatic heterocycles. The number of sulfonamides is 1. The lowest BCUT2D eigenvalue weighted by atomic mass is 10.3. The second-order valence-corrected chi connectivity index (χ2v) is 6.58. The fourth-order valence-electron chi connectivity index (χ4n) is 1.41. The van der Waals surface area contributed by atoms with Crippen LogP contribution in [0.15, 0.2) is 0 Å². The largest absolute Gasteiger partial charge is 0.469 e. The third kappa shape index (κ3) is 7.71. The first-order valence-electron chi connectivity index (χ1n) is 5.97. The van der Waals surface area contributed by atoms with Gasteiger partial charge in [0, 0.05) is 26.1 Å². The third-order valence-electron chi connectivity index (χ3n) is 2.49. The Labute approximate surface area is 120 Å². The van der Waals surface area contributed by atoms with Gasteiger partial charge in [0.05, 0.1) is 25.9 Å². The minimum absolute atomic E-state index is 0.0225. The number of rotatable bonds is 10. The van der Waals surface area contributed by atoms with Crippen molar-refractivity contribution < 1.29 is 22.7 Å². The quantitative estimate of drug-likeness (QED) is 0.438. The lowest BCUT2D eigenvalue weighted by molar-refractivity contribution is -0.140. The van der Waals surface area contributed by atoms with Crippen molar-refractivity contribution >= 4 is 27.6 Å². The van der Waals surface area contributed by atoms with E-state index < -0.39 is 16.0 Å². The molecule has 114 valence electrons. The molecule has 0 aliphatic carbocycles. The molecule has 0 rings (SSSR count). The fraction of sp³-hybridized carbons (Fsp3) is 0.909. The maximum Gasteiger partial charge on any atom is 0.306 e. The number of nitrogens with zero attached hydrogens (tertiary/aromatic N) is 1. The van der Waals surface area contributed by atoms with Crippen molar-refractivity contribution in [1.29, 1.82) is 0 Å². The SMILES string of the molecule is COCCN(CCC(=O)OC)S(=O)(=O)CC(C)CCl. The average Bonchev–Trinajstić information content (AvgIpc) is 2.37. The number of carbonyl (C=O) groups excluding carboxylic acids is 1. The standard InChI is InChI=1S/C11H22ClNO5S/c1-10(8-12)9-19(15,16)13(6-7-17-2)5-4-11(14)18-3/h10H,4-9H2,1-3H3. The Morgan fingerprint density at radius 2 is 1.95 bits per heavy atom. The van der Waals surface area contributed by atoms with E-state index in [1.165, 1.54) is 18.5 Å². The van der Waals surface area contributed by atoms with Crippen LogP contribution in [0.3, 0.4) is 0 Å². The Bertz CT molecular complexity index is 360. The number of halogens is 1. The number of esters is 1. The monoisotopic (exact) mass is 315 g/mol. The summed E-state index contributed by atoms with van der Waals surface area (Å²) in [5.41, 5.74) is 0. The van der Waals surface area contributed by atoms with Gasteiger partial charge >= 0.3 is 5.97 Å². The molecule has 1 unspecified atom stereocenters. The zero-order valence-corrected chi connectivity index (χ0v) is 13.2. The smallest absolute Gasteiger partial charge is 0.306 e. The van der Waals surface area contributed by atoms with E-state index in [9.17, 15) is 13.2 Å². The number of ether oxygens (including phenoxy) is 2. The molecule has 0 aromatic rings. The zero-order valence-electron chi connectivity index (χ0n) is 11.6. The van der Waals surface area contributed by atoms with Crippen molar-refractivity contribution in [2.45, 2.75) is 13.3 Å². The predicted octanol–water partition coefficient (Wildman–Crippen LogP) is 0.703. The highest BCUT2D eigenvalue weighted by atomic mass is 35.5. The minimum atomic E-state index is -3.45. The molecule has 0 spiro atoms. The van der Waals surface area contributed by atoms with Gasteiger partial charge in [0.1, 0.15) is 0 Å². The minimum Gasteiger partial charge on any atom is -0.469 e. The van der Waals surface area contributed by atoms with Crippen molar-refractivity contribution in [2.75, 3.05) is 45.5 Å².